The number of halogens is 1. The minimum Gasteiger partial charge on any atom is -0.0979 e. The molecule has 0 bridgehead atoms. The molecule has 0 nitrogen and oxygen atoms in total. The molecule has 0 unspecified atom stereocenters. The van der Waals surface area contributed by atoms with Crippen molar-refractivity contribution in [2.24, 2.45) is 0 Å². The van der Waals surface area contributed by atoms with Crippen molar-refractivity contribution in [1.82, 2.24) is 0 Å². The third-order valence-corrected chi connectivity index (χ3v) is 4.19. The molecule has 1 aromatic carbocycles. The van der Waals surface area contributed by atoms with E-state index >= 15 is 0 Å². The largest absolute Gasteiger partial charge is 0.0979 e. The van der Waals surface area contributed by atoms with Gasteiger partial charge in [0, 0.05) is 16.5 Å². The quantitative estimate of drug-likeness (QED) is 0.347. The molecule has 0 radical (unpaired) electrons. The summed E-state index contributed by atoms with van der Waals surface area (Å²) in [7, 11) is 0. The maximum absolute atomic E-state index is 3.52. The van der Waals surface area contributed by atoms with Crippen LogP contribution in [0.15, 0.2) is 28.7 Å². The summed E-state index contributed by atoms with van der Waals surface area (Å²) in [6.45, 7) is 2.27. The van der Waals surface area contributed by atoms with Gasteiger partial charge in [0.2, 0.25) is 0 Å². The summed E-state index contributed by atoms with van der Waals surface area (Å²) in [5.74, 6) is 6.52. The third-order valence-electron chi connectivity index (χ3n) is 3.50. The lowest BCUT2D eigenvalue weighted by Gasteiger charge is -2.00. The number of rotatable bonds is 9. The molecule has 0 fully saturated rings. The number of hydrogen-bond donors (Lipinski definition) is 0. The van der Waals surface area contributed by atoms with Crippen molar-refractivity contribution in [2.45, 2.75) is 71.1 Å². The molecule has 0 aliphatic heterocycles. The van der Waals surface area contributed by atoms with E-state index in [2.05, 4.69) is 40.8 Å². The van der Waals surface area contributed by atoms with Gasteiger partial charge in [0.1, 0.15) is 0 Å². The molecule has 0 N–H and O–H groups in total. The number of hydrogen-bond acceptors (Lipinski definition) is 0. The van der Waals surface area contributed by atoms with Crippen LogP contribution in [0, 0.1) is 11.8 Å². The lowest BCUT2D eigenvalue weighted by Crippen LogP contribution is -1.81. The first kappa shape index (κ1) is 17.3. The van der Waals surface area contributed by atoms with Gasteiger partial charge in [0.05, 0.1) is 0 Å². The van der Waals surface area contributed by atoms with E-state index in [-0.39, 0.29) is 0 Å². The van der Waals surface area contributed by atoms with E-state index in [4.69, 9.17) is 0 Å². The average molecular weight is 335 g/mol. The van der Waals surface area contributed by atoms with E-state index in [1.165, 1.54) is 57.8 Å². The molecule has 0 aromatic heterocycles. The van der Waals surface area contributed by atoms with Gasteiger partial charge < -0.3 is 0 Å². The monoisotopic (exact) mass is 334 g/mol. The van der Waals surface area contributed by atoms with Crippen molar-refractivity contribution < 1.29 is 0 Å². The summed E-state index contributed by atoms with van der Waals surface area (Å²) in [4.78, 5) is 0. The van der Waals surface area contributed by atoms with Crippen LogP contribution in [0.3, 0.4) is 0 Å². The average Bonchev–Trinajstić information content (AvgIpc) is 2.46. The normalized spacial score (nSPS) is 10.1. The lowest BCUT2D eigenvalue weighted by atomic mass is 10.1. The number of unbranched alkanes of at least 4 members (excludes halogenated alkanes) is 9. The fraction of sp³-hybridized carbons (Fsp3) is 0.579. The van der Waals surface area contributed by atoms with Crippen LogP contribution in [-0.2, 0) is 0 Å². The Hall–Kier alpha value is -0.740. The predicted molar refractivity (Wildman–Crippen MR) is 92.9 cm³/mol. The Morgan fingerprint density at radius 2 is 1.45 bits per heavy atom. The molecule has 0 aliphatic rings. The van der Waals surface area contributed by atoms with Gasteiger partial charge in [-0.3, -0.25) is 0 Å². The predicted octanol–water partition coefficient (Wildman–Crippen LogP) is 6.72. The molecule has 1 rings (SSSR count). The second-order valence-corrected chi connectivity index (χ2v) is 6.21. The van der Waals surface area contributed by atoms with Crippen LogP contribution in [0.25, 0.3) is 0 Å². The fourth-order valence-corrected chi connectivity index (χ4v) is 2.63. The van der Waals surface area contributed by atoms with E-state index in [1.807, 2.05) is 18.2 Å². The number of benzene rings is 1. The zero-order valence-corrected chi connectivity index (χ0v) is 14.3. The third kappa shape index (κ3) is 8.43. The van der Waals surface area contributed by atoms with Crippen LogP contribution >= 0.6 is 15.9 Å². The Bertz CT molecular complexity index is 411. The molecule has 0 spiro atoms. The summed E-state index contributed by atoms with van der Waals surface area (Å²) in [6.07, 6.45) is 13.4. The molecule has 0 atom stereocenters. The molecular weight excluding hydrogens is 308 g/mol. The molecular formula is C19H27Br. The molecule has 0 saturated carbocycles. The Morgan fingerprint density at radius 3 is 2.10 bits per heavy atom. The maximum Gasteiger partial charge on any atom is 0.0387 e. The van der Waals surface area contributed by atoms with Crippen LogP contribution in [-0.4, -0.2) is 0 Å². The van der Waals surface area contributed by atoms with E-state index in [1.54, 1.807) is 0 Å². The molecule has 1 heteroatoms. The smallest absolute Gasteiger partial charge is 0.0387 e. The molecule has 20 heavy (non-hydrogen) atoms. The second kappa shape index (κ2) is 12.0. The molecule has 0 heterocycles. The van der Waals surface area contributed by atoms with Crippen molar-refractivity contribution in [3.63, 3.8) is 0 Å². The molecule has 0 amide bonds. The first-order chi connectivity index (χ1) is 9.84. The van der Waals surface area contributed by atoms with Crippen LogP contribution < -0.4 is 0 Å². The van der Waals surface area contributed by atoms with Crippen molar-refractivity contribution >= 4 is 15.9 Å². The summed E-state index contributed by atoms with van der Waals surface area (Å²) in [6, 6.07) is 8.17. The summed E-state index contributed by atoms with van der Waals surface area (Å²) in [5.41, 5.74) is 1.10. The Balaban J connectivity index is 1.99. The highest BCUT2D eigenvalue weighted by Gasteiger charge is 1.93. The van der Waals surface area contributed by atoms with Gasteiger partial charge >= 0.3 is 0 Å². The lowest BCUT2D eigenvalue weighted by molar-refractivity contribution is 0.567. The summed E-state index contributed by atoms with van der Waals surface area (Å²) >= 11 is 3.52. The van der Waals surface area contributed by atoms with E-state index in [0.29, 0.717) is 0 Å². The zero-order chi connectivity index (χ0) is 14.5. The highest BCUT2D eigenvalue weighted by atomic mass is 79.9. The SMILES string of the molecule is CCCCCCCCCCCC#Cc1ccccc1Br. The van der Waals surface area contributed by atoms with Crippen molar-refractivity contribution in [3.05, 3.63) is 34.3 Å². The minimum atomic E-state index is 1.02. The maximum atomic E-state index is 3.52. The molecule has 1 aromatic rings. The summed E-state index contributed by atoms with van der Waals surface area (Å²) < 4.78 is 1.10. The Labute approximate surface area is 133 Å². The van der Waals surface area contributed by atoms with Crippen LogP contribution in [0.5, 0.6) is 0 Å². The van der Waals surface area contributed by atoms with Crippen molar-refractivity contribution in [2.75, 3.05) is 0 Å². The van der Waals surface area contributed by atoms with Crippen molar-refractivity contribution in [3.8, 4) is 11.8 Å². The Kier molecular flexibility index (Phi) is 10.4. The molecule has 0 saturated heterocycles. The van der Waals surface area contributed by atoms with Crippen LogP contribution in [0.1, 0.15) is 76.7 Å². The van der Waals surface area contributed by atoms with Crippen LogP contribution in [0.2, 0.25) is 0 Å². The topological polar surface area (TPSA) is 0 Å². The van der Waals surface area contributed by atoms with E-state index in [9.17, 15) is 0 Å². The fourth-order valence-electron chi connectivity index (χ4n) is 2.24. The highest BCUT2D eigenvalue weighted by Crippen LogP contribution is 2.14. The van der Waals surface area contributed by atoms with Gasteiger partial charge in [-0.2, -0.15) is 0 Å². The van der Waals surface area contributed by atoms with Gasteiger partial charge in [-0.05, 0) is 34.5 Å². The zero-order valence-electron chi connectivity index (χ0n) is 12.8. The minimum absolute atomic E-state index is 1.02. The first-order valence-electron chi connectivity index (χ1n) is 8.08. The van der Waals surface area contributed by atoms with E-state index < -0.39 is 0 Å². The van der Waals surface area contributed by atoms with Gasteiger partial charge in [0.15, 0.2) is 0 Å². The Morgan fingerprint density at radius 1 is 0.850 bits per heavy atom. The summed E-state index contributed by atoms with van der Waals surface area (Å²) in [5, 5.41) is 0. The van der Waals surface area contributed by atoms with Gasteiger partial charge in [-0.1, -0.05) is 82.3 Å². The van der Waals surface area contributed by atoms with Gasteiger partial charge in [0.25, 0.3) is 0 Å². The van der Waals surface area contributed by atoms with Crippen LogP contribution in [0.4, 0.5) is 0 Å². The van der Waals surface area contributed by atoms with Gasteiger partial charge in [-0.15, -0.1) is 0 Å². The van der Waals surface area contributed by atoms with E-state index in [0.717, 1.165) is 16.5 Å². The highest BCUT2D eigenvalue weighted by molar-refractivity contribution is 9.10. The standard InChI is InChI=1S/C19H27Br/c1-2-3-4-5-6-7-8-9-10-11-12-15-18-16-13-14-17-19(18)20/h13-14,16-17H,2-11H2,1H3. The molecule has 110 valence electrons. The first-order valence-corrected chi connectivity index (χ1v) is 8.87. The second-order valence-electron chi connectivity index (χ2n) is 5.36. The van der Waals surface area contributed by atoms with Gasteiger partial charge in [-0.25, -0.2) is 0 Å². The van der Waals surface area contributed by atoms with Crippen molar-refractivity contribution in [1.29, 1.82) is 0 Å². The molecule has 0 aliphatic carbocycles.